The van der Waals surface area contributed by atoms with Gasteiger partial charge in [-0.25, -0.2) is 9.18 Å². The van der Waals surface area contributed by atoms with E-state index in [-0.39, 0.29) is 5.75 Å². The van der Waals surface area contributed by atoms with Crippen LogP contribution in [0.25, 0.3) is 27.8 Å². The molecule has 188 valence electrons. The summed E-state index contributed by atoms with van der Waals surface area (Å²) in [4.78, 5) is 13.2. The van der Waals surface area contributed by atoms with Crippen molar-refractivity contribution in [1.82, 2.24) is 4.57 Å². The van der Waals surface area contributed by atoms with Gasteiger partial charge in [0, 0.05) is 35.4 Å². The van der Waals surface area contributed by atoms with Crippen LogP contribution < -0.4 is 15.4 Å². The number of carbonyl (C=O) groups is 1. The Labute approximate surface area is 214 Å². The monoisotopic (exact) mass is 498 g/mol. The van der Waals surface area contributed by atoms with E-state index in [0.717, 1.165) is 59.5 Å². The number of nitrogens with two attached hydrogens (primary N) is 1. The number of piperidine rings is 1. The summed E-state index contributed by atoms with van der Waals surface area (Å²) in [6.07, 6.45) is 1.09. The SMILES string of the molecule is COc1ccc(-c2cc3cc(N4CCC(COC(N)=O)CC4)ccc3n2-c2ccc(C#N)cc2)cc1F. The number of halogens is 1. The molecular weight excluding hydrogens is 471 g/mol. The zero-order valence-electron chi connectivity index (χ0n) is 20.5. The predicted molar refractivity (Wildman–Crippen MR) is 140 cm³/mol. The van der Waals surface area contributed by atoms with Crippen LogP contribution in [-0.4, -0.2) is 37.5 Å². The second kappa shape index (κ2) is 10.2. The maximum Gasteiger partial charge on any atom is 0.404 e. The first-order valence-corrected chi connectivity index (χ1v) is 12.1. The molecule has 0 bridgehead atoms. The average molecular weight is 499 g/mol. The van der Waals surface area contributed by atoms with Crippen LogP contribution in [0.15, 0.2) is 66.7 Å². The van der Waals surface area contributed by atoms with Crippen molar-refractivity contribution < 1.29 is 18.7 Å². The fraction of sp³-hybridized carbons (Fsp3) is 0.241. The number of fused-ring (bicyclic) bond motifs is 1. The van der Waals surface area contributed by atoms with Gasteiger partial charge in [0.2, 0.25) is 0 Å². The first-order valence-electron chi connectivity index (χ1n) is 12.1. The van der Waals surface area contributed by atoms with Crippen molar-refractivity contribution in [2.24, 2.45) is 11.7 Å². The topological polar surface area (TPSA) is 93.5 Å². The molecule has 1 amide bonds. The third-order valence-electron chi connectivity index (χ3n) is 6.93. The highest BCUT2D eigenvalue weighted by Gasteiger charge is 2.22. The Morgan fingerprint density at radius 2 is 1.78 bits per heavy atom. The molecule has 2 N–H and O–H groups in total. The number of hydrogen-bond acceptors (Lipinski definition) is 5. The number of aromatic nitrogens is 1. The van der Waals surface area contributed by atoms with Gasteiger partial charge in [0.05, 0.1) is 36.6 Å². The Hall–Kier alpha value is -4.51. The maximum atomic E-state index is 14.7. The van der Waals surface area contributed by atoms with Crippen molar-refractivity contribution in [3.05, 3.63) is 78.1 Å². The minimum Gasteiger partial charge on any atom is -0.494 e. The molecule has 1 aromatic heterocycles. The number of nitrogens with zero attached hydrogens (tertiary/aromatic N) is 3. The Kier molecular flexibility index (Phi) is 6.69. The zero-order valence-corrected chi connectivity index (χ0v) is 20.5. The Morgan fingerprint density at radius 3 is 2.43 bits per heavy atom. The van der Waals surface area contributed by atoms with Gasteiger partial charge in [0.15, 0.2) is 11.6 Å². The molecule has 1 aliphatic heterocycles. The lowest BCUT2D eigenvalue weighted by atomic mass is 9.97. The van der Waals surface area contributed by atoms with Crippen LogP contribution >= 0.6 is 0 Å². The number of nitriles is 1. The minimum absolute atomic E-state index is 0.191. The van der Waals surface area contributed by atoms with Crippen LogP contribution in [0.3, 0.4) is 0 Å². The molecule has 0 radical (unpaired) electrons. The van der Waals surface area contributed by atoms with Gasteiger partial charge in [-0.1, -0.05) is 0 Å². The number of primary amides is 1. The summed E-state index contributed by atoms with van der Waals surface area (Å²) in [6, 6.07) is 22.8. The fourth-order valence-electron chi connectivity index (χ4n) is 4.96. The van der Waals surface area contributed by atoms with E-state index in [1.165, 1.54) is 13.2 Å². The Balaban J connectivity index is 1.52. The number of anilines is 1. The van der Waals surface area contributed by atoms with Crippen LogP contribution in [0.4, 0.5) is 14.9 Å². The first-order chi connectivity index (χ1) is 18.0. The summed E-state index contributed by atoms with van der Waals surface area (Å²) in [5, 5.41) is 10.2. The zero-order chi connectivity index (χ0) is 25.9. The number of hydrogen-bond donors (Lipinski definition) is 1. The van der Waals surface area contributed by atoms with E-state index in [9.17, 15) is 14.4 Å². The molecule has 4 aromatic rings. The second-order valence-electron chi connectivity index (χ2n) is 9.18. The van der Waals surface area contributed by atoms with Gasteiger partial charge >= 0.3 is 6.09 Å². The van der Waals surface area contributed by atoms with Crippen molar-refractivity contribution in [3.63, 3.8) is 0 Å². The summed E-state index contributed by atoms with van der Waals surface area (Å²) in [5.74, 6) is 0.0683. The quantitative estimate of drug-likeness (QED) is 0.372. The van der Waals surface area contributed by atoms with E-state index >= 15 is 0 Å². The summed E-state index contributed by atoms with van der Waals surface area (Å²) in [6.45, 7) is 2.06. The highest BCUT2D eigenvalue weighted by molar-refractivity contribution is 5.91. The molecule has 37 heavy (non-hydrogen) atoms. The van der Waals surface area contributed by atoms with Crippen LogP contribution in [0, 0.1) is 23.1 Å². The predicted octanol–water partition coefficient (Wildman–Crippen LogP) is 5.63. The van der Waals surface area contributed by atoms with Gasteiger partial charge in [-0.05, 0) is 85.5 Å². The van der Waals surface area contributed by atoms with E-state index in [0.29, 0.717) is 18.1 Å². The van der Waals surface area contributed by atoms with Crippen LogP contribution in [0.1, 0.15) is 18.4 Å². The molecule has 0 unspecified atom stereocenters. The van der Waals surface area contributed by atoms with Gasteiger partial charge in [-0.15, -0.1) is 0 Å². The lowest BCUT2D eigenvalue weighted by Gasteiger charge is -2.33. The van der Waals surface area contributed by atoms with Gasteiger partial charge in [-0.3, -0.25) is 0 Å². The highest BCUT2D eigenvalue weighted by Crippen LogP contribution is 2.36. The standard InChI is InChI=1S/C29H27FN4O3/c1-36-28-9-4-21(15-25(28)30)27-16-22-14-24(33-12-10-20(11-13-33)18-37-29(32)35)7-8-26(22)34(27)23-5-2-19(17-31)3-6-23/h2-9,14-16,20H,10-13,18H2,1H3,(H2,32,35). The van der Waals surface area contributed by atoms with Crippen molar-refractivity contribution >= 4 is 22.7 Å². The minimum atomic E-state index is -0.729. The molecule has 1 aliphatic rings. The smallest absolute Gasteiger partial charge is 0.404 e. The summed E-state index contributed by atoms with van der Waals surface area (Å²) < 4.78 is 26.8. The van der Waals surface area contributed by atoms with Crippen molar-refractivity contribution in [1.29, 1.82) is 5.26 Å². The molecule has 3 aromatic carbocycles. The molecule has 5 rings (SSSR count). The van der Waals surface area contributed by atoms with Gasteiger partial charge in [0.25, 0.3) is 0 Å². The van der Waals surface area contributed by atoms with Crippen LogP contribution in [-0.2, 0) is 4.74 Å². The number of methoxy groups -OCH3 is 1. The molecule has 2 heterocycles. The Bertz CT molecular complexity index is 1480. The number of carbonyl (C=O) groups excluding carboxylic acids is 1. The lowest BCUT2D eigenvalue weighted by molar-refractivity contribution is 0.129. The first kappa shape index (κ1) is 24.2. The largest absolute Gasteiger partial charge is 0.494 e. The number of rotatable bonds is 6. The van der Waals surface area contributed by atoms with E-state index < -0.39 is 11.9 Å². The van der Waals surface area contributed by atoms with Crippen molar-refractivity contribution in [2.45, 2.75) is 12.8 Å². The molecule has 7 nitrogen and oxygen atoms in total. The Morgan fingerprint density at radius 1 is 1.05 bits per heavy atom. The number of benzene rings is 3. The van der Waals surface area contributed by atoms with E-state index in [1.807, 2.05) is 18.2 Å². The van der Waals surface area contributed by atoms with E-state index in [2.05, 4.69) is 39.8 Å². The fourth-order valence-corrected chi connectivity index (χ4v) is 4.96. The molecule has 1 saturated heterocycles. The average Bonchev–Trinajstić information content (AvgIpc) is 3.31. The third-order valence-corrected chi connectivity index (χ3v) is 6.93. The summed E-state index contributed by atoms with van der Waals surface area (Å²) >= 11 is 0. The number of amides is 1. The molecule has 0 spiro atoms. The molecule has 0 saturated carbocycles. The lowest BCUT2D eigenvalue weighted by Crippen LogP contribution is -2.35. The van der Waals surface area contributed by atoms with Crippen molar-refractivity contribution in [3.8, 4) is 28.8 Å². The van der Waals surface area contributed by atoms with Crippen molar-refractivity contribution in [2.75, 3.05) is 31.7 Å². The van der Waals surface area contributed by atoms with E-state index in [1.54, 1.807) is 18.2 Å². The highest BCUT2D eigenvalue weighted by atomic mass is 19.1. The van der Waals surface area contributed by atoms with Crippen LogP contribution in [0.5, 0.6) is 5.75 Å². The summed E-state index contributed by atoms with van der Waals surface area (Å²) in [7, 11) is 1.45. The molecule has 8 heteroatoms. The molecular formula is C29H27FN4O3. The normalized spacial score (nSPS) is 13.9. The molecule has 0 atom stereocenters. The van der Waals surface area contributed by atoms with Gasteiger partial charge in [0.1, 0.15) is 0 Å². The third kappa shape index (κ3) is 4.94. The van der Waals surface area contributed by atoms with Gasteiger partial charge < -0.3 is 24.7 Å². The van der Waals surface area contributed by atoms with E-state index in [4.69, 9.17) is 15.2 Å². The van der Waals surface area contributed by atoms with Gasteiger partial charge in [-0.2, -0.15) is 5.26 Å². The maximum absolute atomic E-state index is 14.7. The van der Waals surface area contributed by atoms with Crippen LogP contribution in [0.2, 0.25) is 0 Å². The molecule has 1 fully saturated rings. The number of ether oxygens (including phenoxy) is 2. The second-order valence-corrected chi connectivity index (χ2v) is 9.18. The summed E-state index contributed by atoms with van der Waals surface area (Å²) in [5.41, 5.74) is 10.2. The molecule has 0 aliphatic carbocycles.